The van der Waals surface area contributed by atoms with Crippen LogP contribution in [0.25, 0.3) is 0 Å². The van der Waals surface area contributed by atoms with Crippen LogP contribution in [0.1, 0.15) is 63.5 Å². The van der Waals surface area contributed by atoms with Gasteiger partial charge in [-0.1, -0.05) is 24.3 Å². The van der Waals surface area contributed by atoms with Gasteiger partial charge < -0.3 is 10.1 Å². The number of hydrogen-bond acceptors (Lipinski definition) is 3. The number of ether oxygens (including phenoxy) is 1. The van der Waals surface area contributed by atoms with Crippen LogP contribution in [0.5, 0.6) is 0 Å². The lowest BCUT2D eigenvalue weighted by molar-refractivity contribution is -0.120. The normalized spacial score (nSPS) is 16.4. The van der Waals surface area contributed by atoms with Crippen LogP contribution in [0.2, 0.25) is 0 Å². The molecule has 0 saturated heterocycles. The smallest absolute Gasteiger partial charge is 0.407 e. The molecule has 0 bridgehead atoms. The molecular formula is C18H25NO3. The molecule has 0 atom stereocenters. The van der Waals surface area contributed by atoms with Crippen LogP contribution in [0.3, 0.4) is 0 Å². The Morgan fingerprint density at radius 3 is 2.32 bits per heavy atom. The van der Waals surface area contributed by atoms with Gasteiger partial charge >= 0.3 is 6.09 Å². The quantitative estimate of drug-likeness (QED) is 0.920. The molecule has 1 amide bonds. The number of Topliss-reactive ketones (excluding diaryl/α,β-unsaturated/α-hetero) is 1. The molecule has 1 aliphatic rings. The summed E-state index contributed by atoms with van der Waals surface area (Å²) in [4.78, 5) is 22.9. The van der Waals surface area contributed by atoms with Gasteiger partial charge in [0.1, 0.15) is 11.4 Å². The SMILES string of the molecule is CC(C)(C)OC(=O)NCc1ccc(C2CCC(=O)CC2)cc1. The maximum absolute atomic E-state index is 11.6. The number of carbonyl (C=O) groups is 2. The summed E-state index contributed by atoms with van der Waals surface area (Å²) in [5.74, 6) is 0.875. The van der Waals surface area contributed by atoms with Crippen molar-refractivity contribution in [2.45, 2.75) is 64.5 Å². The summed E-state index contributed by atoms with van der Waals surface area (Å²) in [5.41, 5.74) is 1.85. The van der Waals surface area contributed by atoms with E-state index in [-0.39, 0.29) is 0 Å². The number of amides is 1. The van der Waals surface area contributed by atoms with Gasteiger partial charge in [0.15, 0.2) is 0 Å². The molecular weight excluding hydrogens is 278 g/mol. The monoisotopic (exact) mass is 303 g/mol. The summed E-state index contributed by atoms with van der Waals surface area (Å²) in [6.45, 7) is 5.99. The van der Waals surface area contributed by atoms with Crippen molar-refractivity contribution in [1.29, 1.82) is 0 Å². The Labute approximate surface area is 132 Å². The topological polar surface area (TPSA) is 55.4 Å². The van der Waals surface area contributed by atoms with Crippen LogP contribution in [-0.2, 0) is 16.1 Å². The molecule has 4 heteroatoms. The molecule has 0 heterocycles. The van der Waals surface area contributed by atoms with Crippen molar-refractivity contribution in [2.24, 2.45) is 0 Å². The Hall–Kier alpha value is -1.84. The van der Waals surface area contributed by atoms with Crippen molar-refractivity contribution in [3.05, 3.63) is 35.4 Å². The zero-order valence-corrected chi connectivity index (χ0v) is 13.6. The highest BCUT2D eigenvalue weighted by Crippen LogP contribution is 2.31. The second-order valence-corrected chi connectivity index (χ2v) is 6.91. The highest BCUT2D eigenvalue weighted by atomic mass is 16.6. The van der Waals surface area contributed by atoms with E-state index in [1.807, 2.05) is 32.9 Å². The summed E-state index contributed by atoms with van der Waals surface area (Å²) in [6.07, 6.45) is 2.91. The van der Waals surface area contributed by atoms with Crippen LogP contribution in [-0.4, -0.2) is 17.5 Å². The predicted octanol–water partition coefficient (Wildman–Crippen LogP) is 3.94. The number of hydrogen-bond donors (Lipinski definition) is 1. The van der Waals surface area contributed by atoms with E-state index in [4.69, 9.17) is 4.74 Å². The molecule has 1 aliphatic carbocycles. The van der Waals surface area contributed by atoms with Gasteiger partial charge in [-0.3, -0.25) is 4.79 Å². The molecule has 0 aromatic heterocycles. The van der Waals surface area contributed by atoms with Gasteiger partial charge in [0.05, 0.1) is 0 Å². The highest BCUT2D eigenvalue weighted by molar-refractivity contribution is 5.79. The van der Waals surface area contributed by atoms with Crippen LogP contribution in [0.4, 0.5) is 4.79 Å². The molecule has 0 aliphatic heterocycles. The molecule has 1 saturated carbocycles. The average molecular weight is 303 g/mol. The fourth-order valence-electron chi connectivity index (χ4n) is 2.67. The number of benzene rings is 1. The van der Waals surface area contributed by atoms with Gasteiger partial charge in [-0.25, -0.2) is 4.79 Å². The van der Waals surface area contributed by atoms with E-state index in [0.717, 1.165) is 18.4 Å². The van der Waals surface area contributed by atoms with E-state index >= 15 is 0 Å². The second kappa shape index (κ2) is 6.95. The molecule has 0 unspecified atom stereocenters. The number of carbonyl (C=O) groups excluding carboxylic acids is 2. The van der Waals surface area contributed by atoms with Crippen LogP contribution in [0.15, 0.2) is 24.3 Å². The minimum Gasteiger partial charge on any atom is -0.444 e. The van der Waals surface area contributed by atoms with Gasteiger partial charge in [0, 0.05) is 19.4 Å². The van der Waals surface area contributed by atoms with Gasteiger partial charge in [0.2, 0.25) is 0 Å². The van der Waals surface area contributed by atoms with Crippen LogP contribution < -0.4 is 5.32 Å². The maximum atomic E-state index is 11.6. The van der Waals surface area contributed by atoms with Crippen molar-refractivity contribution < 1.29 is 14.3 Å². The van der Waals surface area contributed by atoms with Gasteiger partial charge in [-0.2, -0.15) is 0 Å². The molecule has 1 aromatic rings. The van der Waals surface area contributed by atoms with E-state index < -0.39 is 11.7 Å². The molecule has 1 N–H and O–H groups in total. The van der Waals surface area contributed by atoms with Crippen molar-refractivity contribution in [3.63, 3.8) is 0 Å². The summed E-state index contributed by atoms with van der Waals surface area (Å²) in [6, 6.07) is 8.27. The fourth-order valence-corrected chi connectivity index (χ4v) is 2.67. The van der Waals surface area contributed by atoms with E-state index in [0.29, 0.717) is 31.1 Å². The molecule has 1 fully saturated rings. The molecule has 1 aromatic carbocycles. The third-order valence-electron chi connectivity index (χ3n) is 3.83. The standard InChI is InChI=1S/C18H25NO3/c1-18(2,3)22-17(21)19-12-13-4-6-14(7-5-13)15-8-10-16(20)11-9-15/h4-7,15H,8-12H2,1-3H3,(H,19,21). The summed E-state index contributed by atoms with van der Waals surface area (Å²) < 4.78 is 5.21. The minimum atomic E-state index is -0.480. The van der Waals surface area contributed by atoms with E-state index in [2.05, 4.69) is 17.4 Å². The average Bonchev–Trinajstić information content (AvgIpc) is 2.45. The molecule has 4 nitrogen and oxygen atoms in total. The predicted molar refractivity (Wildman–Crippen MR) is 85.7 cm³/mol. The van der Waals surface area contributed by atoms with E-state index in [9.17, 15) is 9.59 Å². The summed E-state index contributed by atoms with van der Waals surface area (Å²) in [7, 11) is 0. The molecule has 22 heavy (non-hydrogen) atoms. The lowest BCUT2D eigenvalue weighted by Gasteiger charge is -2.21. The lowest BCUT2D eigenvalue weighted by Crippen LogP contribution is -2.32. The molecule has 0 spiro atoms. The van der Waals surface area contributed by atoms with Gasteiger partial charge in [-0.05, 0) is 50.7 Å². The number of rotatable bonds is 3. The first kappa shape index (κ1) is 16.5. The van der Waals surface area contributed by atoms with E-state index in [1.165, 1.54) is 5.56 Å². The third kappa shape index (κ3) is 5.17. The van der Waals surface area contributed by atoms with Crippen molar-refractivity contribution in [2.75, 3.05) is 0 Å². The largest absolute Gasteiger partial charge is 0.444 e. The summed E-state index contributed by atoms with van der Waals surface area (Å²) >= 11 is 0. The highest BCUT2D eigenvalue weighted by Gasteiger charge is 2.20. The third-order valence-corrected chi connectivity index (χ3v) is 3.83. The van der Waals surface area contributed by atoms with Crippen molar-refractivity contribution >= 4 is 11.9 Å². The van der Waals surface area contributed by atoms with Crippen molar-refractivity contribution in [3.8, 4) is 0 Å². The van der Waals surface area contributed by atoms with Gasteiger partial charge in [-0.15, -0.1) is 0 Å². The van der Waals surface area contributed by atoms with Gasteiger partial charge in [0.25, 0.3) is 0 Å². The Kier molecular flexibility index (Phi) is 5.22. The zero-order chi connectivity index (χ0) is 16.2. The number of alkyl carbamates (subject to hydrolysis) is 1. The number of ketones is 1. The Balaban J connectivity index is 1.84. The zero-order valence-electron chi connectivity index (χ0n) is 13.6. The Morgan fingerprint density at radius 2 is 1.77 bits per heavy atom. The molecule has 0 radical (unpaired) electrons. The van der Waals surface area contributed by atoms with Crippen LogP contribution in [0, 0.1) is 0 Å². The maximum Gasteiger partial charge on any atom is 0.407 e. The summed E-state index contributed by atoms with van der Waals surface area (Å²) in [5, 5.41) is 2.75. The number of nitrogens with one attached hydrogen (secondary N) is 1. The second-order valence-electron chi connectivity index (χ2n) is 6.91. The first-order chi connectivity index (χ1) is 10.3. The Bertz CT molecular complexity index is 518. The fraction of sp³-hybridized carbons (Fsp3) is 0.556. The molecule has 2 rings (SSSR count). The molecule has 120 valence electrons. The first-order valence-electron chi connectivity index (χ1n) is 7.91. The van der Waals surface area contributed by atoms with E-state index in [1.54, 1.807) is 0 Å². The van der Waals surface area contributed by atoms with Crippen LogP contribution >= 0.6 is 0 Å². The lowest BCUT2D eigenvalue weighted by atomic mass is 9.83. The minimum absolute atomic E-state index is 0.384. The van der Waals surface area contributed by atoms with Crippen molar-refractivity contribution in [1.82, 2.24) is 5.32 Å². The first-order valence-corrected chi connectivity index (χ1v) is 7.91. The Morgan fingerprint density at radius 1 is 1.18 bits per heavy atom.